The largest absolute Gasteiger partial charge is 0.508 e. The second-order valence-electron chi connectivity index (χ2n) is 12.5. The predicted octanol–water partition coefficient (Wildman–Crippen LogP) is 6.60. The average molecular weight is 671 g/mol. The number of nitrogens with one attached hydrogen (secondary N) is 2. The van der Waals surface area contributed by atoms with E-state index in [0.29, 0.717) is 33.6 Å². The van der Waals surface area contributed by atoms with Crippen molar-refractivity contribution in [3.05, 3.63) is 131 Å². The van der Waals surface area contributed by atoms with Crippen LogP contribution in [0.15, 0.2) is 97.1 Å². The number of para-hydroxylation sites is 2. The number of ketones is 2. The fraction of sp³-hybridized carbons (Fsp3) is 0.200. The summed E-state index contributed by atoms with van der Waals surface area (Å²) in [5.74, 6) is -0.834. The Hall–Kier alpha value is -5.52. The van der Waals surface area contributed by atoms with Gasteiger partial charge in [0.25, 0.3) is 0 Å². The molecule has 4 atom stereocenters. The molecule has 252 valence electrons. The van der Waals surface area contributed by atoms with Crippen LogP contribution in [0.2, 0.25) is 0 Å². The molecule has 8 rings (SSSR count). The van der Waals surface area contributed by atoms with Gasteiger partial charge < -0.3 is 39.1 Å². The number of hydrogen-bond acceptors (Lipinski definition) is 8. The normalized spacial score (nSPS) is 22.7. The number of phenols is 2. The molecule has 0 amide bonds. The van der Waals surface area contributed by atoms with Gasteiger partial charge in [-0.1, -0.05) is 60.7 Å². The van der Waals surface area contributed by atoms with E-state index in [-0.39, 0.29) is 22.6 Å². The molecule has 0 bridgehead atoms. The van der Waals surface area contributed by atoms with Crippen LogP contribution in [0.3, 0.4) is 0 Å². The maximum Gasteiger partial charge on any atom is 0.205 e. The molecule has 0 spiro atoms. The van der Waals surface area contributed by atoms with E-state index in [4.69, 9.17) is 18.9 Å². The highest BCUT2D eigenvalue weighted by Gasteiger charge is 2.64. The SMILES string of the molecule is CO[C@H](c1ccc(O)cc1)[C@@]1(OC)C(=O)/C(=C2/C(=O)[C@](OC)([C@H](OC)c3ccc(O)cc3)c3[nH]c4ccccc4c32)c2c1[nH]c1ccccc21. The number of ether oxygens (including phenoxy) is 4. The van der Waals surface area contributed by atoms with Gasteiger partial charge >= 0.3 is 0 Å². The third kappa shape index (κ3) is 4.04. The lowest BCUT2D eigenvalue weighted by atomic mass is 9.83. The minimum atomic E-state index is -1.76. The maximum absolute atomic E-state index is 15.5. The molecule has 50 heavy (non-hydrogen) atoms. The van der Waals surface area contributed by atoms with Gasteiger partial charge in [0.1, 0.15) is 23.7 Å². The van der Waals surface area contributed by atoms with Crippen LogP contribution in [0.1, 0.15) is 45.8 Å². The topological polar surface area (TPSA) is 143 Å². The van der Waals surface area contributed by atoms with Crippen LogP contribution < -0.4 is 0 Å². The summed E-state index contributed by atoms with van der Waals surface area (Å²) < 4.78 is 24.8. The molecule has 2 heterocycles. The minimum absolute atomic E-state index is 0.0579. The maximum atomic E-state index is 15.5. The Morgan fingerprint density at radius 3 is 1.24 bits per heavy atom. The summed E-state index contributed by atoms with van der Waals surface area (Å²) in [5, 5.41) is 21.6. The van der Waals surface area contributed by atoms with Gasteiger partial charge in [-0.05, 0) is 47.5 Å². The molecule has 0 saturated carbocycles. The lowest BCUT2D eigenvalue weighted by molar-refractivity contribution is -0.159. The van der Waals surface area contributed by atoms with Crippen LogP contribution in [-0.2, 0) is 39.7 Å². The van der Waals surface area contributed by atoms with Gasteiger partial charge in [0.05, 0.1) is 11.4 Å². The van der Waals surface area contributed by atoms with E-state index >= 15 is 9.59 Å². The Labute approximate surface area is 286 Å². The zero-order valence-corrected chi connectivity index (χ0v) is 27.7. The molecule has 10 nitrogen and oxygen atoms in total. The van der Waals surface area contributed by atoms with Gasteiger partial charge in [0, 0.05) is 72.5 Å². The summed E-state index contributed by atoms with van der Waals surface area (Å²) in [6.45, 7) is 0. The molecule has 10 heteroatoms. The van der Waals surface area contributed by atoms with Crippen LogP contribution in [0.4, 0.5) is 0 Å². The molecule has 0 fully saturated rings. The monoisotopic (exact) mass is 670 g/mol. The first-order valence-electron chi connectivity index (χ1n) is 16.1. The highest BCUT2D eigenvalue weighted by molar-refractivity contribution is 6.49. The molecule has 0 aliphatic heterocycles. The van der Waals surface area contributed by atoms with Crippen molar-refractivity contribution in [1.29, 1.82) is 0 Å². The quantitative estimate of drug-likeness (QED) is 0.133. The van der Waals surface area contributed by atoms with Crippen LogP contribution >= 0.6 is 0 Å². The van der Waals surface area contributed by atoms with E-state index in [1.54, 1.807) is 24.3 Å². The molecule has 6 aromatic rings. The van der Waals surface area contributed by atoms with Crippen molar-refractivity contribution < 1.29 is 38.7 Å². The molecule has 4 N–H and O–H groups in total. The van der Waals surface area contributed by atoms with Crippen molar-refractivity contribution in [3.8, 4) is 11.5 Å². The summed E-state index contributed by atoms with van der Waals surface area (Å²) in [7, 11) is 5.89. The molecule has 4 aromatic carbocycles. The molecule has 0 unspecified atom stereocenters. The van der Waals surface area contributed by atoms with Crippen molar-refractivity contribution in [2.24, 2.45) is 0 Å². The number of carbonyl (C=O) groups excluding carboxylic acids is 2. The van der Waals surface area contributed by atoms with Gasteiger partial charge in [0.15, 0.2) is 0 Å². The highest BCUT2D eigenvalue weighted by atomic mass is 16.5. The van der Waals surface area contributed by atoms with E-state index in [1.165, 1.54) is 52.7 Å². The summed E-state index contributed by atoms with van der Waals surface area (Å²) in [5.41, 5.74) is 1.40. The minimum Gasteiger partial charge on any atom is -0.508 e. The molecule has 2 aliphatic carbocycles. The van der Waals surface area contributed by atoms with Gasteiger partial charge in [-0.25, -0.2) is 0 Å². The average Bonchev–Trinajstić information content (AvgIpc) is 3.83. The highest BCUT2D eigenvalue weighted by Crippen LogP contribution is 2.60. The van der Waals surface area contributed by atoms with Crippen molar-refractivity contribution >= 4 is 44.5 Å². The summed E-state index contributed by atoms with van der Waals surface area (Å²) >= 11 is 0. The van der Waals surface area contributed by atoms with Crippen molar-refractivity contribution in [1.82, 2.24) is 9.97 Å². The molecular weight excluding hydrogens is 636 g/mol. The lowest BCUT2D eigenvalue weighted by Crippen LogP contribution is -2.43. The molecular formula is C40H34N2O8. The number of hydrogen-bond donors (Lipinski definition) is 4. The standard InChI is InChI=1S/C40H34N2O8/c1-47-37(21-13-17-23(43)18-14-21)39(49-3)33-29(25-9-5-7-11-27(25)41-33)31(35(39)45)32-30-26-10-6-8-12-28(26)42-34(30)40(50-4,36(32)46)38(48-2)22-15-19-24(44)20-16-22/h5-20,37-38,41-44H,1-4H3/b32-31+/t37-,38-,39+,40+/m1/s1. The number of carbonyl (C=O) groups is 2. The number of aromatic amines is 2. The van der Waals surface area contributed by atoms with Crippen molar-refractivity contribution in [2.45, 2.75) is 23.4 Å². The Morgan fingerprint density at radius 2 is 0.900 bits per heavy atom. The summed E-state index contributed by atoms with van der Waals surface area (Å²) in [4.78, 5) is 37.9. The van der Waals surface area contributed by atoms with Crippen molar-refractivity contribution in [2.75, 3.05) is 28.4 Å². The Morgan fingerprint density at radius 1 is 0.540 bits per heavy atom. The first kappa shape index (κ1) is 31.7. The Kier molecular flexibility index (Phi) is 7.32. The number of phenolic OH excluding ortho intramolecular Hbond substituents is 2. The smallest absolute Gasteiger partial charge is 0.205 e. The van der Waals surface area contributed by atoms with Gasteiger partial charge in [-0.15, -0.1) is 0 Å². The van der Waals surface area contributed by atoms with Crippen LogP contribution in [0, 0.1) is 0 Å². The number of H-pyrrole nitrogens is 2. The van der Waals surface area contributed by atoms with E-state index < -0.39 is 35.0 Å². The zero-order chi connectivity index (χ0) is 34.9. The van der Waals surface area contributed by atoms with E-state index in [1.807, 2.05) is 48.5 Å². The lowest BCUT2D eigenvalue weighted by Gasteiger charge is -2.35. The van der Waals surface area contributed by atoms with E-state index in [2.05, 4.69) is 9.97 Å². The number of aromatic nitrogens is 2. The Balaban J connectivity index is 1.49. The van der Waals surface area contributed by atoms with Crippen LogP contribution in [-0.4, -0.2) is 60.2 Å². The first-order chi connectivity index (χ1) is 24.3. The predicted molar refractivity (Wildman–Crippen MR) is 187 cm³/mol. The number of benzene rings is 4. The summed E-state index contributed by atoms with van der Waals surface area (Å²) in [6, 6.07) is 28.0. The fourth-order valence-electron chi connectivity index (χ4n) is 8.14. The number of Topliss-reactive ketones (excluding diaryl/α,β-unsaturated/α-hetero) is 2. The van der Waals surface area contributed by atoms with Gasteiger partial charge in [-0.2, -0.15) is 0 Å². The van der Waals surface area contributed by atoms with E-state index in [9.17, 15) is 10.2 Å². The van der Waals surface area contributed by atoms with Gasteiger partial charge in [-0.3, -0.25) is 9.59 Å². The van der Waals surface area contributed by atoms with Crippen molar-refractivity contribution in [3.63, 3.8) is 0 Å². The Bertz CT molecular complexity index is 2190. The number of methoxy groups -OCH3 is 4. The fourth-order valence-corrected chi connectivity index (χ4v) is 8.14. The third-order valence-electron chi connectivity index (χ3n) is 10.3. The summed E-state index contributed by atoms with van der Waals surface area (Å²) in [6.07, 6.45) is -1.97. The zero-order valence-electron chi connectivity index (χ0n) is 27.7. The molecule has 2 aliphatic rings. The van der Waals surface area contributed by atoms with Crippen LogP contribution in [0.25, 0.3) is 33.0 Å². The van der Waals surface area contributed by atoms with Crippen LogP contribution in [0.5, 0.6) is 11.5 Å². The van der Waals surface area contributed by atoms with Gasteiger partial charge in [0.2, 0.25) is 22.8 Å². The number of fused-ring (bicyclic) bond motifs is 6. The number of aromatic hydroxyl groups is 2. The number of rotatable bonds is 8. The molecule has 0 radical (unpaired) electrons. The molecule has 2 aromatic heterocycles. The second-order valence-corrected chi connectivity index (χ2v) is 12.5. The second kappa shape index (κ2) is 11.5. The first-order valence-corrected chi connectivity index (χ1v) is 16.1. The third-order valence-corrected chi connectivity index (χ3v) is 10.3. The van der Waals surface area contributed by atoms with E-state index in [0.717, 1.165) is 21.8 Å². The molecule has 0 saturated heterocycles.